The average Bonchev–Trinajstić information content (AvgIpc) is 2.80. The summed E-state index contributed by atoms with van der Waals surface area (Å²) in [5.41, 5.74) is 5.36. The van der Waals surface area contributed by atoms with Gasteiger partial charge in [0.05, 0.1) is 11.6 Å². The van der Waals surface area contributed by atoms with Crippen molar-refractivity contribution < 1.29 is 34.8 Å². The van der Waals surface area contributed by atoms with Crippen LogP contribution in [0, 0.1) is 25.7 Å². The highest BCUT2D eigenvalue weighted by molar-refractivity contribution is 6.24. The molecule has 0 spiro atoms. The summed E-state index contributed by atoms with van der Waals surface area (Å²) in [6, 6.07) is 5.85. The number of likely N-dealkylation sites (N-methyl/N-ethyl adjacent to an activating group) is 1. The van der Waals surface area contributed by atoms with E-state index in [9.17, 15) is 34.8 Å². The van der Waals surface area contributed by atoms with Crippen molar-refractivity contribution in [2.24, 2.45) is 17.6 Å². The number of nitrogens with two attached hydrogens (primary N) is 1. The highest BCUT2D eigenvalue weighted by Gasteiger charge is 2.63. The second kappa shape index (κ2) is 8.50. The maximum atomic E-state index is 13.8. The zero-order valence-corrected chi connectivity index (χ0v) is 21.4. The minimum Gasteiger partial charge on any atom is -0.510 e. The lowest BCUT2D eigenvalue weighted by molar-refractivity contribution is -0.148. The van der Waals surface area contributed by atoms with Crippen LogP contribution in [0.25, 0.3) is 11.1 Å². The number of amides is 1. The Morgan fingerprint density at radius 1 is 1.11 bits per heavy atom. The van der Waals surface area contributed by atoms with Crippen molar-refractivity contribution in [1.29, 1.82) is 0 Å². The van der Waals surface area contributed by atoms with Crippen LogP contribution in [0.2, 0.25) is 0 Å². The number of benzene rings is 1. The number of aryl methyl sites for hydroxylation is 2. The lowest BCUT2D eigenvalue weighted by Crippen LogP contribution is -2.63. The van der Waals surface area contributed by atoms with Crippen LogP contribution in [0.4, 0.5) is 0 Å². The minimum absolute atomic E-state index is 0.0181. The van der Waals surface area contributed by atoms with Crippen molar-refractivity contribution in [1.82, 2.24) is 9.88 Å². The summed E-state index contributed by atoms with van der Waals surface area (Å²) >= 11 is 0. The normalized spacial score (nSPS) is 26.8. The molecular formula is C28H29N3O7. The maximum absolute atomic E-state index is 13.8. The first-order valence-corrected chi connectivity index (χ1v) is 12.2. The molecule has 1 amide bonds. The van der Waals surface area contributed by atoms with Gasteiger partial charge in [0.1, 0.15) is 22.8 Å². The first-order valence-electron chi connectivity index (χ1n) is 12.2. The number of hydrogen-bond acceptors (Lipinski definition) is 9. The molecule has 3 aliphatic rings. The summed E-state index contributed by atoms with van der Waals surface area (Å²) in [5.74, 6) is -6.69. The predicted molar refractivity (Wildman–Crippen MR) is 136 cm³/mol. The average molecular weight is 520 g/mol. The number of carbonyl (C=O) groups is 3. The maximum Gasteiger partial charge on any atom is 0.255 e. The third-order valence-electron chi connectivity index (χ3n) is 8.00. The smallest absolute Gasteiger partial charge is 0.255 e. The van der Waals surface area contributed by atoms with E-state index in [1.54, 1.807) is 20.2 Å². The molecule has 5 rings (SSSR count). The molecule has 0 radical (unpaired) electrons. The largest absolute Gasteiger partial charge is 0.510 e. The first-order chi connectivity index (χ1) is 17.8. The molecule has 1 aromatic heterocycles. The number of aliphatic hydroxyl groups excluding tert-OH is 2. The number of nitrogens with zero attached hydrogens (tertiary/aromatic N) is 2. The van der Waals surface area contributed by atoms with Crippen LogP contribution in [0.3, 0.4) is 0 Å². The van der Waals surface area contributed by atoms with Crippen LogP contribution in [-0.2, 0) is 16.0 Å². The first kappa shape index (κ1) is 25.6. The van der Waals surface area contributed by atoms with E-state index in [-0.39, 0.29) is 29.7 Å². The van der Waals surface area contributed by atoms with Crippen molar-refractivity contribution in [3.63, 3.8) is 0 Å². The quantitative estimate of drug-likeness (QED) is 0.379. The van der Waals surface area contributed by atoms with E-state index in [4.69, 9.17) is 5.73 Å². The monoisotopic (exact) mass is 519 g/mol. The van der Waals surface area contributed by atoms with Crippen LogP contribution in [0.15, 0.2) is 46.9 Å². The molecule has 0 fully saturated rings. The number of allylic oxidation sites excluding steroid dienone is 1. The fraction of sp³-hybridized carbons (Fsp3) is 0.357. The fourth-order valence-electron chi connectivity index (χ4n) is 6.51. The SMILES string of the molecule is Cc1cc(-c2ccc(O)c3c2C[C@H]2C[C@H]4[C@H](N(C)C)C(O)=C(C(N)=O)C(=O)[C@@]4(O)C(O)=C2C3=O)cc(C)n1. The van der Waals surface area contributed by atoms with E-state index < -0.39 is 58.0 Å². The Kier molecular flexibility index (Phi) is 5.73. The summed E-state index contributed by atoms with van der Waals surface area (Å²) in [7, 11) is 3.19. The molecule has 0 bridgehead atoms. The van der Waals surface area contributed by atoms with Crippen molar-refractivity contribution in [2.75, 3.05) is 14.1 Å². The highest BCUT2D eigenvalue weighted by atomic mass is 16.3. The molecule has 1 aromatic carbocycles. The molecule has 38 heavy (non-hydrogen) atoms. The number of Topliss-reactive ketones (excluding diaryl/α,β-unsaturated/α-hetero) is 2. The van der Waals surface area contributed by atoms with Gasteiger partial charge in [0.15, 0.2) is 11.4 Å². The van der Waals surface area contributed by atoms with Gasteiger partial charge in [-0.15, -0.1) is 0 Å². The van der Waals surface area contributed by atoms with E-state index in [1.165, 1.54) is 11.0 Å². The molecule has 198 valence electrons. The third-order valence-corrected chi connectivity index (χ3v) is 8.00. The highest BCUT2D eigenvalue weighted by Crippen LogP contribution is 2.53. The summed E-state index contributed by atoms with van der Waals surface area (Å²) in [6.45, 7) is 3.72. The predicted octanol–water partition coefficient (Wildman–Crippen LogP) is 1.80. The number of phenols is 1. The van der Waals surface area contributed by atoms with Gasteiger partial charge in [0, 0.05) is 22.9 Å². The summed E-state index contributed by atoms with van der Waals surface area (Å²) in [4.78, 5) is 45.2. The van der Waals surface area contributed by atoms with Crippen molar-refractivity contribution in [3.8, 4) is 16.9 Å². The number of rotatable bonds is 3. The van der Waals surface area contributed by atoms with Gasteiger partial charge in [0.25, 0.3) is 5.91 Å². The van der Waals surface area contributed by atoms with Crippen molar-refractivity contribution in [3.05, 3.63) is 69.4 Å². The van der Waals surface area contributed by atoms with Crippen LogP contribution >= 0.6 is 0 Å². The second-order valence-corrected chi connectivity index (χ2v) is 10.6. The van der Waals surface area contributed by atoms with Gasteiger partial charge in [-0.1, -0.05) is 6.07 Å². The van der Waals surface area contributed by atoms with Crippen LogP contribution < -0.4 is 5.73 Å². The Hall–Kier alpha value is -4.02. The molecule has 0 unspecified atom stereocenters. The van der Waals surface area contributed by atoms with Crippen LogP contribution in [0.1, 0.15) is 33.7 Å². The zero-order chi connectivity index (χ0) is 27.8. The molecule has 2 aromatic rings. The van der Waals surface area contributed by atoms with E-state index in [0.717, 1.165) is 22.5 Å². The zero-order valence-electron chi connectivity index (χ0n) is 21.4. The lowest BCUT2D eigenvalue weighted by atomic mass is 9.58. The Balaban J connectivity index is 1.73. The molecule has 0 saturated carbocycles. The fourth-order valence-corrected chi connectivity index (χ4v) is 6.51. The second-order valence-electron chi connectivity index (χ2n) is 10.6. The number of carbonyl (C=O) groups excluding carboxylic acids is 3. The van der Waals surface area contributed by atoms with Crippen LogP contribution in [0.5, 0.6) is 5.75 Å². The summed E-state index contributed by atoms with van der Waals surface area (Å²) in [5, 5.41) is 44.7. The van der Waals surface area contributed by atoms with Crippen molar-refractivity contribution in [2.45, 2.75) is 38.3 Å². The number of fused-ring (bicyclic) bond motifs is 3. The van der Waals surface area contributed by atoms with E-state index >= 15 is 0 Å². The van der Waals surface area contributed by atoms with E-state index in [1.807, 2.05) is 26.0 Å². The molecule has 4 atom stereocenters. The minimum atomic E-state index is -2.66. The number of aliphatic hydroxyl groups is 3. The molecule has 0 aliphatic heterocycles. The number of primary amides is 1. The van der Waals surface area contributed by atoms with E-state index in [2.05, 4.69) is 4.98 Å². The van der Waals surface area contributed by atoms with E-state index in [0.29, 0.717) is 5.56 Å². The van der Waals surface area contributed by atoms with Gasteiger partial charge in [-0.25, -0.2) is 0 Å². The van der Waals surface area contributed by atoms with Gasteiger partial charge in [-0.3, -0.25) is 24.3 Å². The van der Waals surface area contributed by atoms with Gasteiger partial charge in [0.2, 0.25) is 5.78 Å². The number of pyridine rings is 1. The van der Waals surface area contributed by atoms with Gasteiger partial charge in [-0.2, -0.15) is 0 Å². The van der Waals surface area contributed by atoms with Gasteiger partial charge < -0.3 is 26.2 Å². The molecule has 3 aliphatic carbocycles. The topological polar surface area (TPSA) is 174 Å². The molecular weight excluding hydrogens is 490 g/mol. The Morgan fingerprint density at radius 3 is 2.32 bits per heavy atom. The van der Waals surface area contributed by atoms with Gasteiger partial charge in [-0.05, 0) is 81.6 Å². The molecule has 10 heteroatoms. The number of phenolic OH excluding ortho intramolecular Hbond substituents is 1. The lowest BCUT2D eigenvalue weighted by Gasteiger charge is -2.50. The summed E-state index contributed by atoms with van der Waals surface area (Å²) < 4.78 is 0. The number of ketones is 2. The number of aromatic hydroxyl groups is 1. The Bertz CT molecular complexity index is 1490. The molecule has 10 nitrogen and oxygen atoms in total. The molecule has 1 heterocycles. The summed E-state index contributed by atoms with van der Waals surface area (Å²) in [6.07, 6.45) is 0.258. The van der Waals surface area contributed by atoms with Gasteiger partial charge >= 0.3 is 0 Å². The number of hydrogen-bond donors (Lipinski definition) is 5. The third kappa shape index (κ3) is 3.40. The molecule has 6 N–H and O–H groups in total. The molecule has 0 saturated heterocycles. The van der Waals surface area contributed by atoms with Crippen molar-refractivity contribution >= 4 is 17.5 Å². The Morgan fingerprint density at radius 2 is 1.74 bits per heavy atom. The van der Waals surface area contributed by atoms with Crippen LogP contribution in [-0.4, -0.2) is 73.5 Å². The number of aromatic nitrogens is 1. The Labute approximate surface area is 218 Å². The standard InChI is InChI=1S/C28H29N3O7/c1-11-7-13(8-12(2)30-11)15-5-6-18(32)20-16(15)9-14-10-17-22(31(3)4)24(34)21(27(29)37)26(36)28(17,38)25(35)19(14)23(20)33/h5-8,14,17,22,32,34-35,38H,9-10H2,1-4H3,(H2,29,37)/t14-,17-,22-,28-/m0/s1.